The molecule has 0 saturated carbocycles. The molecule has 0 aliphatic heterocycles. The lowest BCUT2D eigenvalue weighted by Crippen LogP contribution is -2.04. The van der Waals surface area contributed by atoms with Crippen LogP contribution in [0, 0.1) is 18.6 Å². The maximum atomic E-state index is 13.7. The van der Waals surface area contributed by atoms with Crippen LogP contribution in [-0.2, 0) is 6.54 Å². The molecule has 0 unspecified atom stereocenters. The predicted molar refractivity (Wildman–Crippen MR) is 71.4 cm³/mol. The quantitative estimate of drug-likeness (QED) is 0.903. The molecule has 2 aromatic carbocycles. The number of halogens is 2. The van der Waals surface area contributed by atoms with Gasteiger partial charge in [-0.1, -0.05) is 12.1 Å². The second kappa shape index (κ2) is 5.69. The summed E-state index contributed by atoms with van der Waals surface area (Å²) < 4.78 is 32.0. The van der Waals surface area contributed by atoms with E-state index in [4.69, 9.17) is 4.74 Å². The zero-order chi connectivity index (χ0) is 13.8. The first kappa shape index (κ1) is 13.3. The third-order valence-corrected chi connectivity index (χ3v) is 3.00. The number of hydrogen-bond acceptors (Lipinski definition) is 2. The molecule has 4 heteroatoms. The van der Waals surface area contributed by atoms with Crippen molar-refractivity contribution in [3.63, 3.8) is 0 Å². The van der Waals surface area contributed by atoms with Crippen molar-refractivity contribution in [2.45, 2.75) is 13.5 Å². The van der Waals surface area contributed by atoms with Gasteiger partial charge in [0.15, 0.2) is 0 Å². The normalized spacial score (nSPS) is 10.3. The Morgan fingerprint density at radius 3 is 2.58 bits per heavy atom. The first-order valence-corrected chi connectivity index (χ1v) is 5.93. The van der Waals surface area contributed by atoms with E-state index in [-0.39, 0.29) is 11.6 Å². The van der Waals surface area contributed by atoms with Gasteiger partial charge in [0.25, 0.3) is 0 Å². The average Bonchev–Trinajstić information content (AvgIpc) is 2.41. The summed E-state index contributed by atoms with van der Waals surface area (Å²) in [4.78, 5) is 0. The van der Waals surface area contributed by atoms with Crippen molar-refractivity contribution in [1.29, 1.82) is 0 Å². The van der Waals surface area contributed by atoms with Crippen LogP contribution in [0.3, 0.4) is 0 Å². The molecule has 19 heavy (non-hydrogen) atoms. The van der Waals surface area contributed by atoms with Crippen molar-refractivity contribution in [1.82, 2.24) is 0 Å². The number of nitrogens with one attached hydrogen (secondary N) is 1. The lowest BCUT2D eigenvalue weighted by atomic mass is 10.1. The largest absolute Gasteiger partial charge is 0.497 e. The molecule has 1 N–H and O–H groups in total. The minimum atomic E-state index is -0.346. The van der Waals surface area contributed by atoms with Gasteiger partial charge < -0.3 is 10.1 Å². The first-order chi connectivity index (χ1) is 9.11. The second-order valence-electron chi connectivity index (χ2n) is 4.22. The molecule has 0 aliphatic carbocycles. The van der Waals surface area contributed by atoms with Crippen LogP contribution in [0.2, 0.25) is 0 Å². The van der Waals surface area contributed by atoms with Gasteiger partial charge in [-0.2, -0.15) is 0 Å². The Labute approximate surface area is 111 Å². The molecule has 0 fully saturated rings. The van der Waals surface area contributed by atoms with E-state index in [0.29, 0.717) is 29.1 Å². The van der Waals surface area contributed by atoms with E-state index in [1.165, 1.54) is 19.2 Å². The zero-order valence-electron chi connectivity index (χ0n) is 10.8. The van der Waals surface area contributed by atoms with Crippen molar-refractivity contribution in [3.05, 3.63) is 59.2 Å². The summed E-state index contributed by atoms with van der Waals surface area (Å²) in [6.07, 6.45) is 0. The highest BCUT2D eigenvalue weighted by molar-refractivity contribution is 5.51. The molecule has 0 amide bonds. The fourth-order valence-corrected chi connectivity index (χ4v) is 1.79. The Morgan fingerprint density at radius 1 is 1.11 bits per heavy atom. The highest BCUT2D eigenvalue weighted by atomic mass is 19.1. The Hall–Kier alpha value is -2.10. The fourth-order valence-electron chi connectivity index (χ4n) is 1.79. The SMILES string of the molecule is COc1ccc(CNc2cccc(F)c2C)c(F)c1. The van der Waals surface area contributed by atoms with E-state index >= 15 is 0 Å². The third-order valence-electron chi connectivity index (χ3n) is 3.00. The van der Waals surface area contributed by atoms with Gasteiger partial charge >= 0.3 is 0 Å². The molecule has 2 rings (SSSR count). The molecule has 0 aromatic heterocycles. The van der Waals surface area contributed by atoms with Crippen LogP contribution in [-0.4, -0.2) is 7.11 Å². The molecule has 0 radical (unpaired) electrons. The van der Waals surface area contributed by atoms with E-state index in [1.807, 2.05) is 0 Å². The van der Waals surface area contributed by atoms with Gasteiger partial charge in [-0.3, -0.25) is 0 Å². The number of benzene rings is 2. The zero-order valence-corrected chi connectivity index (χ0v) is 10.8. The summed E-state index contributed by atoms with van der Waals surface area (Å²) in [5.41, 5.74) is 1.69. The van der Waals surface area contributed by atoms with Crippen LogP contribution >= 0.6 is 0 Å². The number of rotatable bonds is 4. The Balaban J connectivity index is 2.12. The highest BCUT2D eigenvalue weighted by Gasteiger charge is 2.06. The summed E-state index contributed by atoms with van der Waals surface area (Å²) in [6.45, 7) is 1.97. The maximum Gasteiger partial charge on any atom is 0.131 e. The second-order valence-corrected chi connectivity index (χ2v) is 4.22. The van der Waals surface area contributed by atoms with Crippen molar-refractivity contribution in [2.24, 2.45) is 0 Å². The number of hydrogen-bond donors (Lipinski definition) is 1. The minimum Gasteiger partial charge on any atom is -0.497 e. The molecular weight excluding hydrogens is 248 g/mol. The van der Waals surface area contributed by atoms with Crippen molar-refractivity contribution < 1.29 is 13.5 Å². The van der Waals surface area contributed by atoms with E-state index < -0.39 is 0 Å². The van der Waals surface area contributed by atoms with Crippen LogP contribution in [0.4, 0.5) is 14.5 Å². The van der Waals surface area contributed by atoms with Crippen molar-refractivity contribution in [2.75, 3.05) is 12.4 Å². The first-order valence-electron chi connectivity index (χ1n) is 5.93. The van der Waals surface area contributed by atoms with E-state index in [2.05, 4.69) is 5.32 Å². The molecule has 0 atom stereocenters. The Morgan fingerprint density at radius 2 is 1.89 bits per heavy atom. The Kier molecular flexibility index (Phi) is 4.00. The number of anilines is 1. The molecular formula is C15H15F2NO. The highest BCUT2D eigenvalue weighted by Crippen LogP contribution is 2.20. The smallest absolute Gasteiger partial charge is 0.131 e. The predicted octanol–water partition coefficient (Wildman–Crippen LogP) is 3.89. The minimum absolute atomic E-state index is 0.278. The van der Waals surface area contributed by atoms with Crippen LogP contribution in [0.15, 0.2) is 36.4 Å². The van der Waals surface area contributed by atoms with Crippen molar-refractivity contribution in [3.8, 4) is 5.75 Å². The van der Waals surface area contributed by atoms with E-state index in [1.54, 1.807) is 31.2 Å². The van der Waals surface area contributed by atoms with E-state index in [9.17, 15) is 8.78 Å². The summed E-state index contributed by atoms with van der Waals surface area (Å²) >= 11 is 0. The van der Waals surface area contributed by atoms with Gasteiger partial charge in [-0.25, -0.2) is 8.78 Å². The lowest BCUT2D eigenvalue weighted by molar-refractivity contribution is 0.411. The summed E-state index contributed by atoms with van der Waals surface area (Å²) in [7, 11) is 1.49. The van der Waals surface area contributed by atoms with Gasteiger partial charge in [-0.05, 0) is 25.1 Å². The van der Waals surface area contributed by atoms with Gasteiger partial charge in [0, 0.05) is 29.4 Å². The number of ether oxygens (including phenoxy) is 1. The lowest BCUT2D eigenvalue weighted by Gasteiger charge is -2.11. The van der Waals surface area contributed by atoms with Crippen LogP contribution in [0.1, 0.15) is 11.1 Å². The number of methoxy groups -OCH3 is 1. The molecule has 100 valence electrons. The van der Waals surface area contributed by atoms with Gasteiger partial charge in [0.05, 0.1) is 7.11 Å². The monoisotopic (exact) mass is 263 g/mol. The van der Waals surface area contributed by atoms with Crippen molar-refractivity contribution >= 4 is 5.69 Å². The van der Waals surface area contributed by atoms with Gasteiger partial charge in [0.2, 0.25) is 0 Å². The molecule has 2 aromatic rings. The van der Waals surface area contributed by atoms with Gasteiger partial charge in [0.1, 0.15) is 17.4 Å². The molecule has 0 spiro atoms. The fraction of sp³-hybridized carbons (Fsp3) is 0.200. The standard InChI is InChI=1S/C15H15F2NO/c1-10-13(16)4-3-5-15(10)18-9-11-6-7-12(19-2)8-14(11)17/h3-8,18H,9H2,1-2H3. The van der Waals surface area contributed by atoms with Gasteiger partial charge in [-0.15, -0.1) is 0 Å². The van der Waals surface area contributed by atoms with Crippen LogP contribution < -0.4 is 10.1 Å². The summed E-state index contributed by atoms with van der Waals surface area (Å²) in [5, 5.41) is 3.03. The average molecular weight is 263 g/mol. The van der Waals surface area contributed by atoms with E-state index in [0.717, 1.165) is 0 Å². The summed E-state index contributed by atoms with van der Waals surface area (Å²) in [5.74, 6) is -0.149. The third kappa shape index (κ3) is 3.02. The molecule has 0 heterocycles. The summed E-state index contributed by atoms with van der Waals surface area (Å²) in [6, 6.07) is 9.45. The Bertz CT molecular complexity index is 584. The molecule has 0 bridgehead atoms. The molecule has 0 aliphatic rings. The van der Waals surface area contributed by atoms with Crippen LogP contribution in [0.5, 0.6) is 5.75 Å². The maximum absolute atomic E-state index is 13.7. The molecule has 2 nitrogen and oxygen atoms in total. The van der Waals surface area contributed by atoms with Crippen LogP contribution in [0.25, 0.3) is 0 Å². The molecule has 0 saturated heterocycles. The topological polar surface area (TPSA) is 21.3 Å².